The summed E-state index contributed by atoms with van der Waals surface area (Å²) in [6.45, 7) is 5.79. The van der Waals surface area contributed by atoms with Gasteiger partial charge >= 0.3 is 5.97 Å². The summed E-state index contributed by atoms with van der Waals surface area (Å²) >= 11 is 0. The predicted octanol–water partition coefficient (Wildman–Crippen LogP) is 5.22. The number of hydrogen-bond donors (Lipinski definition) is 0. The minimum Gasteiger partial charge on any atom is -0.489 e. The van der Waals surface area contributed by atoms with Crippen molar-refractivity contribution < 1.29 is 23.8 Å². The Morgan fingerprint density at radius 2 is 1.35 bits per heavy atom. The van der Waals surface area contributed by atoms with Gasteiger partial charge in [0, 0.05) is 11.1 Å². The minimum atomic E-state index is -1.06. The fraction of sp³-hybridized carbons (Fsp3) is 0.231. The molecule has 0 saturated heterocycles. The van der Waals surface area contributed by atoms with Crippen molar-refractivity contribution in [3.05, 3.63) is 95.6 Å². The minimum absolute atomic E-state index is 0.0199. The van der Waals surface area contributed by atoms with Crippen molar-refractivity contribution in [2.45, 2.75) is 33.0 Å². The largest absolute Gasteiger partial charge is 0.489 e. The highest BCUT2D eigenvalue weighted by Gasteiger charge is 2.31. The molecule has 0 heterocycles. The Labute approximate surface area is 182 Å². The maximum Gasteiger partial charge on any atom is 0.349 e. The second-order valence-corrected chi connectivity index (χ2v) is 7.48. The molecule has 0 unspecified atom stereocenters. The SMILES string of the molecule is CCOC(=O)C(C)(C)Oc1ccc(COc2ccc(C(=O)c3ccccc3)cc2)cc1. The van der Waals surface area contributed by atoms with E-state index in [-0.39, 0.29) is 5.78 Å². The van der Waals surface area contributed by atoms with Crippen LogP contribution in [0.2, 0.25) is 0 Å². The standard InChI is InChI=1S/C26H26O5/c1-4-29-25(28)26(2,3)31-23-14-10-19(11-15-23)18-30-22-16-12-21(13-17-22)24(27)20-8-6-5-7-9-20/h5-17H,4,18H2,1-3H3. The third kappa shape index (κ3) is 5.95. The van der Waals surface area contributed by atoms with Crippen LogP contribution in [0.4, 0.5) is 0 Å². The molecule has 3 rings (SSSR count). The van der Waals surface area contributed by atoms with E-state index in [0.29, 0.717) is 35.8 Å². The normalized spacial score (nSPS) is 10.9. The van der Waals surface area contributed by atoms with Crippen molar-refractivity contribution in [3.63, 3.8) is 0 Å². The molecule has 160 valence electrons. The molecule has 5 nitrogen and oxygen atoms in total. The average Bonchev–Trinajstić information content (AvgIpc) is 2.79. The molecular formula is C26H26O5. The topological polar surface area (TPSA) is 61.8 Å². The molecule has 0 fully saturated rings. The van der Waals surface area contributed by atoms with Crippen LogP contribution in [0.1, 0.15) is 42.3 Å². The van der Waals surface area contributed by atoms with Crippen LogP contribution >= 0.6 is 0 Å². The molecular weight excluding hydrogens is 392 g/mol. The summed E-state index contributed by atoms with van der Waals surface area (Å²) in [5.74, 6) is 0.823. The molecule has 0 spiro atoms. The summed E-state index contributed by atoms with van der Waals surface area (Å²) in [6, 6.07) is 23.6. The monoisotopic (exact) mass is 418 g/mol. The molecule has 0 saturated carbocycles. The van der Waals surface area contributed by atoms with Crippen LogP contribution in [0.5, 0.6) is 11.5 Å². The Kier molecular flexibility index (Phi) is 7.08. The maximum absolute atomic E-state index is 12.5. The Bertz CT molecular complexity index is 1010. The second kappa shape index (κ2) is 9.94. The van der Waals surface area contributed by atoms with Gasteiger partial charge in [-0.05, 0) is 62.7 Å². The summed E-state index contributed by atoms with van der Waals surface area (Å²) in [5, 5.41) is 0. The summed E-state index contributed by atoms with van der Waals surface area (Å²) in [4.78, 5) is 24.4. The molecule has 0 N–H and O–H groups in total. The Morgan fingerprint density at radius 1 is 0.774 bits per heavy atom. The molecule has 3 aromatic carbocycles. The van der Waals surface area contributed by atoms with E-state index in [1.54, 1.807) is 69.3 Å². The smallest absolute Gasteiger partial charge is 0.349 e. The fourth-order valence-corrected chi connectivity index (χ4v) is 2.92. The number of benzene rings is 3. The third-order valence-electron chi connectivity index (χ3n) is 4.62. The molecule has 0 radical (unpaired) electrons. The first-order valence-electron chi connectivity index (χ1n) is 10.2. The van der Waals surface area contributed by atoms with Crippen LogP contribution < -0.4 is 9.47 Å². The number of carbonyl (C=O) groups excluding carboxylic acids is 2. The molecule has 0 aliphatic rings. The van der Waals surface area contributed by atoms with E-state index in [9.17, 15) is 9.59 Å². The molecule has 0 atom stereocenters. The van der Waals surface area contributed by atoms with Crippen LogP contribution in [0.25, 0.3) is 0 Å². The first kappa shape index (κ1) is 22.1. The lowest BCUT2D eigenvalue weighted by molar-refractivity contribution is -0.158. The lowest BCUT2D eigenvalue weighted by atomic mass is 10.0. The predicted molar refractivity (Wildman–Crippen MR) is 118 cm³/mol. The highest BCUT2D eigenvalue weighted by Crippen LogP contribution is 2.22. The van der Waals surface area contributed by atoms with Gasteiger partial charge in [-0.3, -0.25) is 4.79 Å². The first-order chi connectivity index (χ1) is 14.9. The van der Waals surface area contributed by atoms with E-state index in [2.05, 4.69) is 0 Å². The zero-order valence-corrected chi connectivity index (χ0v) is 18.0. The van der Waals surface area contributed by atoms with Crippen LogP contribution in [-0.2, 0) is 16.1 Å². The highest BCUT2D eigenvalue weighted by atomic mass is 16.6. The fourth-order valence-electron chi connectivity index (χ4n) is 2.92. The van der Waals surface area contributed by atoms with Gasteiger partial charge in [-0.25, -0.2) is 4.79 Å². The molecule has 5 heteroatoms. The Morgan fingerprint density at radius 3 is 1.97 bits per heavy atom. The lowest BCUT2D eigenvalue weighted by Crippen LogP contribution is -2.39. The molecule has 0 bridgehead atoms. The van der Waals surface area contributed by atoms with E-state index in [1.165, 1.54) is 0 Å². The van der Waals surface area contributed by atoms with Crippen LogP contribution in [0.3, 0.4) is 0 Å². The van der Waals surface area contributed by atoms with E-state index >= 15 is 0 Å². The molecule has 31 heavy (non-hydrogen) atoms. The summed E-state index contributed by atoms with van der Waals surface area (Å²) in [5.41, 5.74) is 1.16. The molecule has 0 aliphatic carbocycles. The van der Waals surface area contributed by atoms with E-state index < -0.39 is 11.6 Å². The van der Waals surface area contributed by atoms with Crippen LogP contribution in [-0.4, -0.2) is 24.0 Å². The molecule has 3 aromatic rings. The summed E-state index contributed by atoms with van der Waals surface area (Å²) < 4.78 is 16.6. The molecule has 0 aliphatic heterocycles. The summed E-state index contributed by atoms with van der Waals surface area (Å²) in [6.07, 6.45) is 0. The van der Waals surface area contributed by atoms with Crippen molar-refractivity contribution in [2.24, 2.45) is 0 Å². The zero-order valence-electron chi connectivity index (χ0n) is 18.0. The van der Waals surface area contributed by atoms with Gasteiger partial charge in [0.25, 0.3) is 0 Å². The van der Waals surface area contributed by atoms with Gasteiger partial charge in [-0.1, -0.05) is 42.5 Å². The quantitative estimate of drug-likeness (QED) is 0.352. The average molecular weight is 418 g/mol. The van der Waals surface area contributed by atoms with Gasteiger partial charge in [-0.2, -0.15) is 0 Å². The first-order valence-corrected chi connectivity index (χ1v) is 10.2. The highest BCUT2D eigenvalue weighted by molar-refractivity contribution is 6.08. The lowest BCUT2D eigenvalue weighted by Gasteiger charge is -2.24. The van der Waals surface area contributed by atoms with Crippen molar-refractivity contribution in [1.29, 1.82) is 0 Å². The number of hydrogen-bond acceptors (Lipinski definition) is 5. The van der Waals surface area contributed by atoms with Crippen molar-refractivity contribution in [1.82, 2.24) is 0 Å². The number of rotatable bonds is 9. The molecule has 0 aromatic heterocycles. The van der Waals surface area contributed by atoms with Crippen LogP contribution in [0, 0.1) is 0 Å². The maximum atomic E-state index is 12.5. The van der Waals surface area contributed by atoms with Crippen molar-refractivity contribution in [2.75, 3.05) is 6.61 Å². The van der Waals surface area contributed by atoms with E-state index in [4.69, 9.17) is 14.2 Å². The number of carbonyl (C=O) groups is 2. The van der Waals surface area contributed by atoms with Gasteiger partial charge in [-0.15, -0.1) is 0 Å². The number of ketones is 1. The van der Waals surface area contributed by atoms with Crippen molar-refractivity contribution >= 4 is 11.8 Å². The van der Waals surface area contributed by atoms with Gasteiger partial charge in [0.15, 0.2) is 11.4 Å². The van der Waals surface area contributed by atoms with E-state index in [0.717, 1.165) is 5.56 Å². The Hall–Kier alpha value is -3.60. The second-order valence-electron chi connectivity index (χ2n) is 7.48. The third-order valence-corrected chi connectivity index (χ3v) is 4.62. The zero-order chi connectivity index (χ0) is 22.3. The van der Waals surface area contributed by atoms with Gasteiger partial charge < -0.3 is 14.2 Å². The van der Waals surface area contributed by atoms with Crippen molar-refractivity contribution in [3.8, 4) is 11.5 Å². The number of esters is 1. The summed E-state index contributed by atoms with van der Waals surface area (Å²) in [7, 11) is 0. The van der Waals surface area contributed by atoms with Gasteiger partial charge in [0.1, 0.15) is 18.1 Å². The number of ether oxygens (including phenoxy) is 3. The molecule has 0 amide bonds. The Balaban J connectivity index is 1.55. The van der Waals surface area contributed by atoms with E-state index in [1.807, 2.05) is 30.3 Å². The van der Waals surface area contributed by atoms with Crippen LogP contribution in [0.15, 0.2) is 78.9 Å². The van der Waals surface area contributed by atoms with Gasteiger partial charge in [0.2, 0.25) is 0 Å². The van der Waals surface area contributed by atoms with Gasteiger partial charge in [0.05, 0.1) is 6.61 Å².